The summed E-state index contributed by atoms with van der Waals surface area (Å²) in [6.45, 7) is 1.47. The largest absolute Gasteiger partial charge is 0.481 e. The molecule has 2 aromatic rings. The van der Waals surface area contributed by atoms with Crippen molar-refractivity contribution in [1.29, 1.82) is 0 Å². The number of nitrogens with one attached hydrogen (secondary N) is 1. The summed E-state index contributed by atoms with van der Waals surface area (Å²) in [6.07, 6.45) is -3.65. The second-order valence-electron chi connectivity index (χ2n) is 8.34. The molecule has 0 saturated carbocycles. The van der Waals surface area contributed by atoms with Gasteiger partial charge in [-0.15, -0.1) is 0 Å². The molecule has 34 heavy (non-hydrogen) atoms. The van der Waals surface area contributed by atoms with E-state index in [1.165, 1.54) is 36.4 Å². The summed E-state index contributed by atoms with van der Waals surface area (Å²) in [5.41, 5.74) is 0.828. The van der Waals surface area contributed by atoms with E-state index in [-0.39, 0.29) is 28.8 Å². The van der Waals surface area contributed by atoms with E-state index < -0.39 is 35.8 Å². The third-order valence-electron chi connectivity index (χ3n) is 6.01. The van der Waals surface area contributed by atoms with Gasteiger partial charge in [-0.05, 0) is 48.2 Å². The van der Waals surface area contributed by atoms with Crippen molar-refractivity contribution < 1.29 is 32.6 Å². The van der Waals surface area contributed by atoms with Gasteiger partial charge < -0.3 is 15.2 Å². The first-order valence-corrected chi connectivity index (χ1v) is 11.5. The first-order chi connectivity index (χ1) is 16.0. The lowest BCUT2D eigenvalue weighted by Crippen LogP contribution is -2.34. The molecule has 1 fully saturated rings. The zero-order valence-electron chi connectivity index (χ0n) is 18.2. The van der Waals surface area contributed by atoms with Crippen LogP contribution in [-0.4, -0.2) is 35.9 Å². The number of benzene rings is 2. The molecule has 1 heterocycles. The minimum Gasteiger partial charge on any atom is -0.481 e. The number of aliphatic carboxylic acids is 1. The third-order valence-corrected chi connectivity index (χ3v) is 6.59. The Hall–Kier alpha value is -2.29. The molecule has 0 unspecified atom stereocenters. The van der Waals surface area contributed by atoms with E-state index in [1.807, 2.05) is 0 Å². The molecule has 3 rings (SSSR count). The van der Waals surface area contributed by atoms with Crippen LogP contribution in [0.3, 0.4) is 0 Å². The van der Waals surface area contributed by atoms with Gasteiger partial charge >= 0.3 is 12.1 Å². The lowest BCUT2D eigenvalue weighted by atomic mass is 9.85. The molecule has 0 bridgehead atoms. The average Bonchev–Trinajstić information content (AvgIpc) is 3.29. The number of rotatable bonds is 8. The highest BCUT2D eigenvalue weighted by atomic mass is 35.5. The van der Waals surface area contributed by atoms with Crippen LogP contribution in [0.1, 0.15) is 49.1 Å². The van der Waals surface area contributed by atoms with Crippen molar-refractivity contribution in [2.24, 2.45) is 5.92 Å². The van der Waals surface area contributed by atoms with Gasteiger partial charge in [0.15, 0.2) is 0 Å². The van der Waals surface area contributed by atoms with Crippen molar-refractivity contribution in [2.45, 2.75) is 50.3 Å². The summed E-state index contributed by atoms with van der Waals surface area (Å²) in [6, 6.07) is 10.2. The zero-order valence-corrected chi connectivity index (χ0v) is 19.8. The number of ether oxygens (including phenoxy) is 1. The summed E-state index contributed by atoms with van der Waals surface area (Å²) in [7, 11) is 0. The molecule has 1 aliphatic rings. The van der Waals surface area contributed by atoms with E-state index in [2.05, 4.69) is 5.32 Å². The first-order valence-electron chi connectivity index (χ1n) is 10.7. The zero-order chi connectivity index (χ0) is 25.0. The van der Waals surface area contributed by atoms with Gasteiger partial charge in [-0.1, -0.05) is 48.3 Å². The number of carboxylic acid groups (broad SMARTS) is 1. The molecule has 5 nitrogen and oxygen atoms in total. The Morgan fingerprint density at radius 3 is 2.35 bits per heavy atom. The van der Waals surface area contributed by atoms with Gasteiger partial charge in [-0.2, -0.15) is 13.2 Å². The first kappa shape index (κ1) is 26.3. The monoisotopic (exact) mass is 517 g/mol. The Kier molecular flexibility index (Phi) is 8.49. The topological polar surface area (TPSA) is 75.6 Å². The van der Waals surface area contributed by atoms with Crippen molar-refractivity contribution >= 4 is 40.8 Å². The van der Waals surface area contributed by atoms with Gasteiger partial charge in [0.1, 0.15) is 0 Å². The van der Waals surface area contributed by atoms with Crippen molar-refractivity contribution in [3.63, 3.8) is 0 Å². The third kappa shape index (κ3) is 6.43. The van der Waals surface area contributed by atoms with E-state index in [0.717, 1.165) is 13.3 Å². The number of carboxylic acids is 1. The number of hydrogen-bond acceptors (Lipinski definition) is 3. The van der Waals surface area contributed by atoms with Gasteiger partial charge in [0.2, 0.25) is 5.91 Å². The van der Waals surface area contributed by atoms with Crippen molar-refractivity contribution in [2.75, 3.05) is 11.9 Å². The Morgan fingerprint density at radius 2 is 1.79 bits per heavy atom. The second kappa shape index (κ2) is 11.0. The van der Waals surface area contributed by atoms with Crippen molar-refractivity contribution in [3.8, 4) is 0 Å². The molecule has 2 N–H and O–H groups in total. The molecule has 1 saturated heterocycles. The predicted octanol–water partition coefficient (Wildman–Crippen LogP) is 6.65. The number of carbonyl (C=O) groups excluding carboxylic acids is 1. The fraction of sp³-hybridized carbons (Fsp3) is 0.417. The molecular weight excluding hydrogens is 494 g/mol. The molecule has 4 atom stereocenters. The van der Waals surface area contributed by atoms with Crippen LogP contribution in [0.15, 0.2) is 42.5 Å². The molecule has 0 aromatic heterocycles. The minimum absolute atomic E-state index is 0.103. The normalized spacial score (nSPS) is 18.8. The molecular formula is C24H24Cl2F3NO4. The minimum atomic E-state index is -4.63. The number of hydrogen-bond donors (Lipinski definition) is 2. The van der Waals surface area contributed by atoms with Crippen LogP contribution in [0.2, 0.25) is 10.0 Å². The predicted molar refractivity (Wildman–Crippen MR) is 123 cm³/mol. The van der Waals surface area contributed by atoms with Gasteiger partial charge in [-0.25, -0.2) is 0 Å². The van der Waals surface area contributed by atoms with Crippen molar-refractivity contribution in [1.82, 2.24) is 0 Å². The average molecular weight is 518 g/mol. The molecule has 2 aromatic carbocycles. The Labute approximate surface area is 205 Å². The maximum Gasteiger partial charge on any atom is 0.392 e. The fourth-order valence-corrected chi connectivity index (χ4v) is 4.47. The smallest absolute Gasteiger partial charge is 0.392 e. The van der Waals surface area contributed by atoms with E-state index >= 15 is 0 Å². The summed E-state index contributed by atoms with van der Waals surface area (Å²) >= 11 is 12.1. The molecule has 0 spiro atoms. The molecule has 0 radical (unpaired) electrons. The number of carbonyl (C=O) groups is 2. The molecule has 1 amide bonds. The summed E-state index contributed by atoms with van der Waals surface area (Å²) < 4.78 is 46.5. The number of anilines is 1. The van der Waals surface area contributed by atoms with Gasteiger partial charge in [-0.3, -0.25) is 9.59 Å². The Bertz CT molecular complexity index is 1020. The summed E-state index contributed by atoms with van der Waals surface area (Å²) in [4.78, 5) is 24.6. The maximum atomic E-state index is 13.6. The second-order valence-corrected chi connectivity index (χ2v) is 9.19. The van der Waals surface area contributed by atoms with Crippen LogP contribution in [0, 0.1) is 5.92 Å². The standard InChI is InChI=1S/C24H24Cl2F3NO4/c1-13(24(27,28)29)22(14-4-7-16(25)8-5-14)23(33)30-19-11-15(6-9-18(19)26)17(12-21(31)32)20-3-2-10-34-20/h4-9,11,13,17,20,22H,2-3,10,12H2,1H3,(H,30,33)(H,31,32)/t13-,17-,20-,22+/m1/s1. The molecule has 0 aliphatic carbocycles. The maximum absolute atomic E-state index is 13.6. The Morgan fingerprint density at radius 1 is 1.15 bits per heavy atom. The van der Waals surface area contributed by atoms with Gasteiger partial charge in [0.05, 0.1) is 35.1 Å². The lowest BCUT2D eigenvalue weighted by molar-refractivity contribution is -0.178. The number of alkyl halides is 3. The Balaban J connectivity index is 1.93. The quantitative estimate of drug-likeness (QED) is 0.410. The highest BCUT2D eigenvalue weighted by molar-refractivity contribution is 6.33. The van der Waals surface area contributed by atoms with Crippen LogP contribution in [-0.2, 0) is 14.3 Å². The summed E-state index contributed by atoms with van der Waals surface area (Å²) in [5, 5.41) is 12.3. The molecule has 1 aliphatic heterocycles. The van der Waals surface area contributed by atoms with Crippen LogP contribution in [0.4, 0.5) is 18.9 Å². The van der Waals surface area contributed by atoms with Crippen LogP contribution in [0.5, 0.6) is 0 Å². The van der Waals surface area contributed by atoms with Gasteiger partial charge in [0.25, 0.3) is 0 Å². The number of halogens is 5. The highest BCUT2D eigenvalue weighted by Crippen LogP contribution is 2.40. The molecule has 10 heteroatoms. The van der Waals surface area contributed by atoms with E-state index in [0.29, 0.717) is 23.6 Å². The van der Waals surface area contributed by atoms with E-state index in [9.17, 15) is 27.9 Å². The van der Waals surface area contributed by atoms with E-state index in [4.69, 9.17) is 27.9 Å². The molecule has 184 valence electrons. The fourth-order valence-electron chi connectivity index (χ4n) is 4.18. The summed E-state index contributed by atoms with van der Waals surface area (Å²) in [5.74, 6) is -5.93. The SMILES string of the molecule is C[C@H]([C@H](C(=O)Nc1cc([C@@H](CC(=O)O)[C@H]2CCCO2)ccc1Cl)c1ccc(Cl)cc1)C(F)(F)F. The van der Waals surface area contributed by atoms with Gasteiger partial charge in [0, 0.05) is 17.5 Å². The number of amides is 1. The highest BCUT2D eigenvalue weighted by Gasteiger charge is 2.45. The van der Waals surface area contributed by atoms with E-state index in [1.54, 1.807) is 6.07 Å². The van der Waals surface area contributed by atoms with Crippen LogP contribution < -0.4 is 5.32 Å². The lowest BCUT2D eigenvalue weighted by Gasteiger charge is -2.26. The van der Waals surface area contributed by atoms with Crippen molar-refractivity contribution in [3.05, 3.63) is 63.6 Å². The van der Waals surface area contributed by atoms with Crippen LogP contribution in [0.25, 0.3) is 0 Å². The van der Waals surface area contributed by atoms with Crippen LogP contribution >= 0.6 is 23.2 Å².